The van der Waals surface area contributed by atoms with Gasteiger partial charge >= 0.3 is 0 Å². The van der Waals surface area contributed by atoms with Crippen molar-refractivity contribution in [2.75, 3.05) is 32.7 Å². The average Bonchev–Trinajstić information content (AvgIpc) is 2.67. The molecule has 0 bridgehead atoms. The van der Waals surface area contributed by atoms with Crippen LogP contribution >= 0.6 is 0 Å². The van der Waals surface area contributed by atoms with E-state index in [1.807, 2.05) is 20.8 Å². The van der Waals surface area contributed by atoms with Crippen LogP contribution in [0.4, 0.5) is 0 Å². The first-order valence-electron chi connectivity index (χ1n) is 10.5. The van der Waals surface area contributed by atoms with Gasteiger partial charge in [0.2, 0.25) is 10.0 Å². The molecule has 0 spiro atoms. The molecular formula is C21H36N3O3S+. The molecule has 0 saturated carbocycles. The van der Waals surface area contributed by atoms with Crippen molar-refractivity contribution in [2.45, 2.75) is 64.3 Å². The lowest BCUT2D eigenvalue weighted by Crippen LogP contribution is -3.16. The van der Waals surface area contributed by atoms with Crippen molar-refractivity contribution in [1.82, 2.24) is 9.62 Å². The van der Waals surface area contributed by atoms with E-state index in [9.17, 15) is 13.2 Å². The van der Waals surface area contributed by atoms with Crippen molar-refractivity contribution in [3.63, 3.8) is 0 Å². The zero-order valence-corrected chi connectivity index (χ0v) is 18.6. The van der Waals surface area contributed by atoms with Crippen molar-refractivity contribution in [2.24, 2.45) is 0 Å². The third-order valence-corrected chi connectivity index (χ3v) is 7.88. The fourth-order valence-corrected chi connectivity index (χ4v) is 5.44. The highest BCUT2D eigenvalue weighted by atomic mass is 32.2. The molecule has 0 aliphatic carbocycles. The second-order valence-corrected chi connectivity index (χ2v) is 9.67. The van der Waals surface area contributed by atoms with Crippen LogP contribution in [0.2, 0.25) is 0 Å². The number of piperidine rings is 1. The molecule has 1 aromatic carbocycles. The number of amides is 1. The topological polar surface area (TPSA) is 70.9 Å². The molecule has 1 aromatic rings. The molecule has 2 N–H and O–H groups in total. The summed E-state index contributed by atoms with van der Waals surface area (Å²) in [5.41, 5.74) is 1.22. The summed E-state index contributed by atoms with van der Waals surface area (Å²) in [6, 6.07) is 5.51. The smallest absolute Gasteiger partial charge is 0.251 e. The van der Waals surface area contributed by atoms with Crippen LogP contribution in [0, 0.1) is 6.92 Å². The first-order valence-corrected chi connectivity index (χ1v) is 12.0. The SMILES string of the molecule is CCN(CC)S(=O)(=O)c1ccc(C)c(C(=O)NCCC[NH+]2CCCC[C@@H]2C)c1. The molecule has 0 radical (unpaired) electrons. The maximum Gasteiger partial charge on any atom is 0.251 e. The standard InChI is InChI=1S/C21H35N3O3S/c1-5-24(6-2)28(26,27)19-12-11-17(3)20(16-19)21(25)22-13-9-15-23-14-8-7-10-18(23)4/h11-12,16,18H,5-10,13-15H2,1-4H3,(H,22,25)/p+1/t18-/m0/s1. The number of benzene rings is 1. The second-order valence-electron chi connectivity index (χ2n) is 7.73. The summed E-state index contributed by atoms with van der Waals surface area (Å²) >= 11 is 0. The summed E-state index contributed by atoms with van der Waals surface area (Å²) in [7, 11) is -3.57. The van der Waals surface area contributed by atoms with Crippen LogP contribution in [0.1, 0.15) is 62.4 Å². The highest BCUT2D eigenvalue weighted by molar-refractivity contribution is 7.89. The molecule has 6 nitrogen and oxygen atoms in total. The molecule has 2 atom stereocenters. The Bertz CT molecular complexity index is 760. The largest absolute Gasteiger partial charge is 0.352 e. The van der Waals surface area contributed by atoms with E-state index in [2.05, 4.69) is 12.2 Å². The molecule has 2 rings (SSSR count). The van der Waals surface area contributed by atoms with Crippen molar-refractivity contribution in [3.8, 4) is 0 Å². The first-order chi connectivity index (χ1) is 13.3. The number of nitrogens with zero attached hydrogens (tertiary/aromatic N) is 1. The summed E-state index contributed by atoms with van der Waals surface area (Å²) in [4.78, 5) is 14.5. The lowest BCUT2D eigenvalue weighted by Gasteiger charge is -2.30. The van der Waals surface area contributed by atoms with E-state index in [1.165, 1.54) is 36.2 Å². The summed E-state index contributed by atoms with van der Waals surface area (Å²) < 4.78 is 26.9. The minimum absolute atomic E-state index is 0.179. The molecule has 1 fully saturated rings. The van der Waals surface area contributed by atoms with Crippen LogP contribution in [0.3, 0.4) is 0 Å². The molecule has 28 heavy (non-hydrogen) atoms. The predicted molar refractivity (Wildman–Crippen MR) is 112 cm³/mol. The van der Waals surface area contributed by atoms with Crippen LogP contribution in [0.5, 0.6) is 0 Å². The Hall–Kier alpha value is -1.44. The Kier molecular flexibility index (Phi) is 8.46. The normalized spacial score (nSPS) is 20.3. The van der Waals surface area contributed by atoms with E-state index in [0.29, 0.717) is 31.2 Å². The summed E-state index contributed by atoms with van der Waals surface area (Å²) in [6.45, 7) is 11.5. The number of likely N-dealkylation sites (tertiary alicyclic amines) is 1. The third kappa shape index (κ3) is 5.55. The second kappa shape index (κ2) is 10.4. The van der Waals surface area contributed by atoms with Gasteiger partial charge in [-0.1, -0.05) is 19.9 Å². The van der Waals surface area contributed by atoms with Gasteiger partial charge in [0.1, 0.15) is 0 Å². The molecule has 1 amide bonds. The fourth-order valence-electron chi connectivity index (χ4n) is 3.96. The number of quaternary nitrogens is 1. The van der Waals surface area contributed by atoms with Gasteiger partial charge in [-0.25, -0.2) is 8.42 Å². The fraction of sp³-hybridized carbons (Fsp3) is 0.667. The molecule has 1 saturated heterocycles. The first kappa shape index (κ1) is 22.8. The van der Waals surface area contributed by atoms with Crippen molar-refractivity contribution >= 4 is 15.9 Å². The lowest BCUT2D eigenvalue weighted by atomic mass is 10.0. The molecule has 1 aliphatic heterocycles. The number of hydrogen-bond donors (Lipinski definition) is 2. The molecule has 0 aromatic heterocycles. The van der Waals surface area contributed by atoms with Crippen LogP contribution in [-0.4, -0.2) is 57.4 Å². The van der Waals surface area contributed by atoms with E-state index in [0.717, 1.165) is 18.5 Å². The zero-order chi connectivity index (χ0) is 20.7. The van der Waals surface area contributed by atoms with Gasteiger partial charge in [0.05, 0.1) is 24.0 Å². The quantitative estimate of drug-likeness (QED) is 0.608. The highest BCUT2D eigenvalue weighted by Crippen LogP contribution is 2.19. The number of carbonyl (C=O) groups is 1. The van der Waals surface area contributed by atoms with Crippen LogP contribution < -0.4 is 10.2 Å². The third-order valence-electron chi connectivity index (χ3n) is 5.84. The van der Waals surface area contributed by atoms with E-state index in [1.54, 1.807) is 17.0 Å². The van der Waals surface area contributed by atoms with Crippen LogP contribution in [0.25, 0.3) is 0 Å². The number of rotatable bonds is 9. The minimum Gasteiger partial charge on any atom is -0.352 e. The Balaban J connectivity index is 1.99. The Labute approximate surface area is 170 Å². The van der Waals surface area contributed by atoms with Crippen LogP contribution in [-0.2, 0) is 10.0 Å². The maximum atomic E-state index is 12.7. The molecule has 158 valence electrons. The molecular weight excluding hydrogens is 374 g/mol. The van der Waals surface area contributed by atoms with Gasteiger partial charge in [-0.2, -0.15) is 4.31 Å². The molecule has 1 aliphatic rings. The van der Waals surface area contributed by atoms with E-state index < -0.39 is 10.0 Å². The number of nitrogens with one attached hydrogen (secondary N) is 2. The lowest BCUT2D eigenvalue weighted by molar-refractivity contribution is -0.928. The number of sulfonamides is 1. The van der Waals surface area contributed by atoms with Gasteiger partial charge in [0.15, 0.2) is 0 Å². The number of hydrogen-bond acceptors (Lipinski definition) is 3. The molecule has 1 unspecified atom stereocenters. The van der Waals surface area contributed by atoms with Crippen molar-refractivity contribution in [3.05, 3.63) is 29.3 Å². The number of aryl methyl sites for hydroxylation is 1. The average molecular weight is 411 g/mol. The summed E-state index contributed by atoms with van der Waals surface area (Å²) in [5.74, 6) is -0.198. The Morgan fingerprint density at radius 2 is 1.96 bits per heavy atom. The van der Waals surface area contributed by atoms with Crippen molar-refractivity contribution < 1.29 is 18.1 Å². The van der Waals surface area contributed by atoms with Gasteiger partial charge in [-0.3, -0.25) is 4.79 Å². The van der Waals surface area contributed by atoms with Crippen LogP contribution in [0.15, 0.2) is 23.1 Å². The van der Waals surface area contributed by atoms with Gasteiger partial charge in [-0.15, -0.1) is 0 Å². The van der Waals surface area contributed by atoms with Gasteiger partial charge in [-0.05, 0) is 50.8 Å². The summed E-state index contributed by atoms with van der Waals surface area (Å²) in [6.07, 6.45) is 4.84. The molecule has 7 heteroatoms. The van der Waals surface area contributed by atoms with E-state index in [-0.39, 0.29) is 10.8 Å². The van der Waals surface area contributed by atoms with Crippen molar-refractivity contribution in [1.29, 1.82) is 0 Å². The minimum atomic E-state index is -3.57. The van der Waals surface area contributed by atoms with E-state index in [4.69, 9.17) is 0 Å². The predicted octanol–water partition coefficient (Wildman–Crippen LogP) is 1.60. The Morgan fingerprint density at radius 1 is 1.25 bits per heavy atom. The zero-order valence-electron chi connectivity index (χ0n) is 17.8. The van der Waals surface area contributed by atoms with E-state index >= 15 is 0 Å². The van der Waals surface area contributed by atoms with Gasteiger partial charge < -0.3 is 10.2 Å². The molecule has 1 heterocycles. The summed E-state index contributed by atoms with van der Waals surface area (Å²) in [5, 5.41) is 2.97. The highest BCUT2D eigenvalue weighted by Gasteiger charge is 2.24. The van der Waals surface area contributed by atoms with Gasteiger partial charge in [0, 0.05) is 31.6 Å². The van der Waals surface area contributed by atoms with Gasteiger partial charge in [0.25, 0.3) is 5.91 Å². The monoisotopic (exact) mass is 410 g/mol. The number of carbonyl (C=O) groups excluding carboxylic acids is 1. The maximum absolute atomic E-state index is 12.7. The Morgan fingerprint density at radius 3 is 2.61 bits per heavy atom.